The van der Waals surface area contributed by atoms with Gasteiger partial charge in [0.1, 0.15) is 10.8 Å². The number of hydrogen-bond donors (Lipinski definition) is 1. The highest BCUT2D eigenvalue weighted by Crippen LogP contribution is 2.25. The monoisotopic (exact) mass is 333 g/mol. The van der Waals surface area contributed by atoms with Crippen molar-refractivity contribution in [3.63, 3.8) is 0 Å². The van der Waals surface area contributed by atoms with Gasteiger partial charge in [0.25, 0.3) is 0 Å². The molecule has 1 aliphatic heterocycles. The van der Waals surface area contributed by atoms with Crippen LogP contribution in [0.5, 0.6) is 0 Å². The molecular formula is C17H20FN3OS. The molecule has 0 saturated carbocycles. The smallest absolute Gasteiger partial charge is 0.228 e. The van der Waals surface area contributed by atoms with Gasteiger partial charge in [-0.15, -0.1) is 11.3 Å². The van der Waals surface area contributed by atoms with E-state index in [-0.39, 0.29) is 30.2 Å². The molecule has 2 heterocycles. The van der Waals surface area contributed by atoms with Crippen molar-refractivity contribution in [2.75, 3.05) is 6.54 Å². The summed E-state index contributed by atoms with van der Waals surface area (Å²) in [6.07, 6.45) is 1.98. The van der Waals surface area contributed by atoms with E-state index >= 15 is 0 Å². The Balaban J connectivity index is 1.68. The van der Waals surface area contributed by atoms with E-state index in [0.29, 0.717) is 6.54 Å². The summed E-state index contributed by atoms with van der Waals surface area (Å²) in [6, 6.07) is 6.71. The molecule has 1 aromatic heterocycles. The molecule has 0 bridgehead atoms. The molecule has 1 aliphatic rings. The predicted molar refractivity (Wildman–Crippen MR) is 89.6 cm³/mol. The summed E-state index contributed by atoms with van der Waals surface area (Å²) in [6.45, 7) is 2.75. The molecule has 2 N–H and O–H groups in total. The molecule has 2 aromatic rings. The molecule has 4 nitrogen and oxygen atoms in total. The minimum absolute atomic E-state index is 0.0838. The maximum Gasteiger partial charge on any atom is 0.228 e. The van der Waals surface area contributed by atoms with E-state index < -0.39 is 0 Å². The number of aromatic nitrogens is 1. The van der Waals surface area contributed by atoms with Crippen molar-refractivity contribution in [1.29, 1.82) is 0 Å². The third-order valence-electron chi connectivity index (χ3n) is 4.19. The quantitative estimate of drug-likeness (QED) is 0.939. The number of nitrogens with two attached hydrogens (primary N) is 1. The van der Waals surface area contributed by atoms with Crippen LogP contribution >= 0.6 is 11.3 Å². The molecule has 3 rings (SSSR count). The lowest BCUT2D eigenvalue weighted by Gasteiger charge is -2.36. The summed E-state index contributed by atoms with van der Waals surface area (Å²) in [5, 5.41) is 2.61. The number of benzene rings is 1. The minimum atomic E-state index is -0.284. The number of nitrogens with zero attached hydrogens (tertiary/aromatic N) is 2. The lowest BCUT2D eigenvalue weighted by Crippen LogP contribution is -2.48. The van der Waals surface area contributed by atoms with Crippen LogP contribution in [0, 0.1) is 5.82 Å². The SMILES string of the molecule is C[C@H]1C[C@H](N)CCN1C(=O)Cc1csc(-c2cccc(F)c2)n1. The predicted octanol–water partition coefficient (Wildman–Crippen LogP) is 2.83. The number of likely N-dealkylation sites (tertiary alicyclic amines) is 1. The third kappa shape index (κ3) is 3.76. The number of carbonyl (C=O) groups is 1. The van der Waals surface area contributed by atoms with Crippen molar-refractivity contribution in [3.05, 3.63) is 41.2 Å². The summed E-state index contributed by atoms with van der Waals surface area (Å²) in [7, 11) is 0. The Bertz CT molecular complexity index is 703. The fourth-order valence-corrected chi connectivity index (χ4v) is 3.79. The molecule has 1 fully saturated rings. The Morgan fingerprint density at radius 1 is 1.52 bits per heavy atom. The van der Waals surface area contributed by atoms with Gasteiger partial charge in [0, 0.05) is 29.6 Å². The highest BCUT2D eigenvalue weighted by atomic mass is 32.1. The molecule has 6 heteroatoms. The van der Waals surface area contributed by atoms with Crippen LogP contribution in [0.25, 0.3) is 10.6 Å². The van der Waals surface area contributed by atoms with Gasteiger partial charge in [-0.2, -0.15) is 0 Å². The Morgan fingerprint density at radius 3 is 3.09 bits per heavy atom. The van der Waals surface area contributed by atoms with E-state index in [1.165, 1.54) is 23.5 Å². The molecule has 122 valence electrons. The molecular weight excluding hydrogens is 313 g/mol. The lowest BCUT2D eigenvalue weighted by atomic mass is 9.98. The number of thiazole rings is 1. The fourth-order valence-electron chi connectivity index (χ4n) is 2.98. The molecule has 2 atom stereocenters. The van der Waals surface area contributed by atoms with Crippen molar-refractivity contribution in [2.45, 2.75) is 38.3 Å². The van der Waals surface area contributed by atoms with Crippen molar-refractivity contribution in [1.82, 2.24) is 9.88 Å². The second-order valence-electron chi connectivity index (χ2n) is 6.05. The third-order valence-corrected chi connectivity index (χ3v) is 5.13. The van der Waals surface area contributed by atoms with Crippen molar-refractivity contribution >= 4 is 17.2 Å². The standard InChI is InChI=1S/C17H20FN3OS/c1-11-7-14(19)5-6-21(11)16(22)9-15-10-23-17(20-15)12-3-2-4-13(18)8-12/h2-4,8,10-11,14H,5-7,9,19H2,1H3/t11-,14+/m0/s1. The van der Waals surface area contributed by atoms with Gasteiger partial charge in [0.05, 0.1) is 12.1 Å². The Kier molecular flexibility index (Phi) is 4.73. The maximum absolute atomic E-state index is 13.3. The van der Waals surface area contributed by atoms with Gasteiger partial charge in [-0.05, 0) is 31.9 Å². The van der Waals surface area contributed by atoms with E-state index in [1.54, 1.807) is 6.07 Å². The zero-order valence-corrected chi connectivity index (χ0v) is 13.9. The van der Waals surface area contributed by atoms with Crippen molar-refractivity contribution < 1.29 is 9.18 Å². The molecule has 0 spiro atoms. The summed E-state index contributed by atoms with van der Waals surface area (Å²) in [4.78, 5) is 18.8. The molecule has 1 saturated heterocycles. The first-order valence-corrected chi connectivity index (χ1v) is 8.66. The average molecular weight is 333 g/mol. The van der Waals surface area contributed by atoms with Crippen LogP contribution in [0.3, 0.4) is 0 Å². The highest BCUT2D eigenvalue weighted by Gasteiger charge is 2.27. The molecule has 0 unspecified atom stereocenters. The van der Waals surface area contributed by atoms with Gasteiger partial charge in [0.2, 0.25) is 5.91 Å². The van der Waals surface area contributed by atoms with Crippen LogP contribution in [0.4, 0.5) is 4.39 Å². The lowest BCUT2D eigenvalue weighted by molar-refractivity contribution is -0.133. The van der Waals surface area contributed by atoms with E-state index in [2.05, 4.69) is 4.98 Å². The van der Waals surface area contributed by atoms with Crippen molar-refractivity contribution in [3.8, 4) is 10.6 Å². The summed E-state index contributed by atoms with van der Waals surface area (Å²) >= 11 is 1.43. The Labute approximate surface area is 139 Å². The molecule has 1 aromatic carbocycles. The largest absolute Gasteiger partial charge is 0.340 e. The molecule has 1 amide bonds. The fraction of sp³-hybridized carbons (Fsp3) is 0.412. The number of carbonyl (C=O) groups excluding carboxylic acids is 1. The second kappa shape index (κ2) is 6.76. The van der Waals surface area contributed by atoms with Crippen LogP contribution in [0.15, 0.2) is 29.6 Å². The Morgan fingerprint density at radius 2 is 2.35 bits per heavy atom. The zero-order chi connectivity index (χ0) is 16.4. The average Bonchev–Trinajstić information content (AvgIpc) is 2.95. The van der Waals surface area contributed by atoms with Gasteiger partial charge in [-0.1, -0.05) is 12.1 Å². The van der Waals surface area contributed by atoms with Gasteiger partial charge < -0.3 is 10.6 Å². The second-order valence-corrected chi connectivity index (χ2v) is 6.91. The number of rotatable bonds is 3. The first-order valence-electron chi connectivity index (χ1n) is 7.78. The topological polar surface area (TPSA) is 59.2 Å². The van der Waals surface area contributed by atoms with E-state index in [4.69, 9.17) is 5.73 Å². The van der Waals surface area contributed by atoms with Gasteiger partial charge in [-0.25, -0.2) is 9.37 Å². The Hall–Kier alpha value is -1.79. The number of hydrogen-bond acceptors (Lipinski definition) is 4. The van der Waals surface area contributed by atoms with E-state index in [0.717, 1.165) is 29.1 Å². The van der Waals surface area contributed by atoms with E-state index in [1.807, 2.05) is 23.3 Å². The van der Waals surface area contributed by atoms with Crippen LogP contribution in [0.1, 0.15) is 25.5 Å². The van der Waals surface area contributed by atoms with E-state index in [9.17, 15) is 9.18 Å². The number of piperidine rings is 1. The summed E-state index contributed by atoms with van der Waals surface area (Å²) in [5.74, 6) is -0.200. The molecule has 0 radical (unpaired) electrons. The van der Waals surface area contributed by atoms with Crippen molar-refractivity contribution in [2.24, 2.45) is 5.73 Å². The summed E-state index contributed by atoms with van der Waals surface area (Å²) < 4.78 is 13.3. The molecule has 23 heavy (non-hydrogen) atoms. The van der Waals surface area contributed by atoms with Gasteiger partial charge >= 0.3 is 0 Å². The van der Waals surface area contributed by atoms with Crippen LogP contribution in [-0.4, -0.2) is 34.4 Å². The molecule has 0 aliphatic carbocycles. The zero-order valence-electron chi connectivity index (χ0n) is 13.0. The van der Waals surface area contributed by atoms with Crippen LogP contribution in [0.2, 0.25) is 0 Å². The van der Waals surface area contributed by atoms with Crippen LogP contribution in [-0.2, 0) is 11.2 Å². The first-order chi connectivity index (χ1) is 11.0. The van der Waals surface area contributed by atoms with Crippen LogP contribution < -0.4 is 5.73 Å². The first kappa shape index (κ1) is 16.1. The maximum atomic E-state index is 13.3. The van der Waals surface area contributed by atoms with Gasteiger partial charge in [-0.3, -0.25) is 4.79 Å². The van der Waals surface area contributed by atoms with Gasteiger partial charge in [0.15, 0.2) is 0 Å². The minimum Gasteiger partial charge on any atom is -0.340 e. The normalized spacial score (nSPS) is 21.4. The highest BCUT2D eigenvalue weighted by molar-refractivity contribution is 7.13. The number of amides is 1. The summed E-state index contributed by atoms with van der Waals surface area (Å²) in [5.41, 5.74) is 7.42. The number of halogens is 1.